The van der Waals surface area contributed by atoms with Crippen molar-refractivity contribution < 1.29 is 19.4 Å². The summed E-state index contributed by atoms with van der Waals surface area (Å²) >= 11 is 3.90. The Morgan fingerprint density at radius 1 is 1.39 bits per heavy atom. The molecule has 18 heavy (non-hydrogen) atoms. The monoisotopic (exact) mass is 269 g/mol. The maximum atomic E-state index is 11.8. The summed E-state index contributed by atoms with van der Waals surface area (Å²) < 4.78 is 4.98. The summed E-state index contributed by atoms with van der Waals surface area (Å²) in [4.78, 5) is 22.5. The van der Waals surface area contributed by atoms with E-state index in [-0.39, 0.29) is 18.1 Å². The molecule has 0 aliphatic carbocycles. The summed E-state index contributed by atoms with van der Waals surface area (Å²) in [5.41, 5.74) is 0.506. The molecule has 0 spiro atoms. The van der Waals surface area contributed by atoms with Gasteiger partial charge in [-0.25, -0.2) is 0 Å². The van der Waals surface area contributed by atoms with Crippen LogP contribution in [0.1, 0.15) is 10.4 Å². The lowest BCUT2D eigenvalue weighted by Crippen LogP contribution is -2.41. The second-order valence-electron chi connectivity index (χ2n) is 3.61. The number of carbonyl (C=O) groups excluding carboxylic acids is 1. The highest BCUT2D eigenvalue weighted by Crippen LogP contribution is 2.11. The van der Waals surface area contributed by atoms with E-state index in [0.717, 1.165) is 0 Å². The molecule has 98 valence electrons. The lowest BCUT2D eigenvalue weighted by atomic mass is 10.1. The quantitative estimate of drug-likeness (QED) is 0.505. The van der Waals surface area contributed by atoms with Crippen molar-refractivity contribution in [2.45, 2.75) is 6.04 Å². The van der Waals surface area contributed by atoms with E-state index in [9.17, 15) is 9.59 Å². The first kappa shape index (κ1) is 14.5. The number of thiol groups is 1. The van der Waals surface area contributed by atoms with Crippen LogP contribution in [-0.2, 0) is 4.79 Å². The van der Waals surface area contributed by atoms with E-state index < -0.39 is 12.0 Å². The van der Waals surface area contributed by atoms with Crippen LogP contribution in [0.2, 0.25) is 0 Å². The number of carboxylic acids is 1. The molecule has 0 radical (unpaired) electrons. The summed E-state index contributed by atoms with van der Waals surface area (Å²) in [6, 6.07) is 5.81. The zero-order chi connectivity index (χ0) is 13.5. The largest absolute Gasteiger partial charge is 0.497 e. The van der Waals surface area contributed by atoms with Crippen LogP contribution in [0, 0.1) is 0 Å². The zero-order valence-corrected chi connectivity index (χ0v) is 10.8. The van der Waals surface area contributed by atoms with Gasteiger partial charge in [0.25, 0.3) is 0 Å². The number of Topliss-reactive ketones (excluding diaryl/α,β-unsaturated/α-hetero) is 1. The molecule has 0 aliphatic rings. The second kappa shape index (κ2) is 7.03. The van der Waals surface area contributed by atoms with Gasteiger partial charge in [0.1, 0.15) is 11.8 Å². The van der Waals surface area contributed by atoms with Crippen molar-refractivity contribution in [1.29, 1.82) is 0 Å². The van der Waals surface area contributed by atoms with E-state index in [2.05, 4.69) is 17.9 Å². The van der Waals surface area contributed by atoms with Crippen LogP contribution in [0.3, 0.4) is 0 Å². The molecule has 0 fully saturated rings. The minimum atomic E-state index is -1.02. The molecule has 0 saturated heterocycles. The van der Waals surface area contributed by atoms with Gasteiger partial charge in [0, 0.05) is 11.3 Å². The molecule has 0 aliphatic heterocycles. The number of methoxy groups -OCH3 is 1. The van der Waals surface area contributed by atoms with Crippen LogP contribution < -0.4 is 10.1 Å². The van der Waals surface area contributed by atoms with Gasteiger partial charge in [0.2, 0.25) is 0 Å². The molecule has 1 unspecified atom stereocenters. The van der Waals surface area contributed by atoms with Crippen LogP contribution >= 0.6 is 12.6 Å². The summed E-state index contributed by atoms with van der Waals surface area (Å²) in [7, 11) is 1.54. The predicted octanol–water partition coefficient (Wildman–Crippen LogP) is 0.851. The number of ketones is 1. The first-order valence-electron chi connectivity index (χ1n) is 5.32. The van der Waals surface area contributed by atoms with Gasteiger partial charge in [0.15, 0.2) is 5.78 Å². The molecule has 1 rings (SSSR count). The maximum Gasteiger partial charge on any atom is 0.321 e. The van der Waals surface area contributed by atoms with E-state index in [1.807, 2.05) is 0 Å². The Hall–Kier alpha value is -1.53. The van der Waals surface area contributed by atoms with Gasteiger partial charge in [0.05, 0.1) is 13.7 Å². The third-order valence-electron chi connectivity index (χ3n) is 2.40. The first-order chi connectivity index (χ1) is 8.58. The van der Waals surface area contributed by atoms with Crippen LogP contribution in [0.25, 0.3) is 0 Å². The van der Waals surface area contributed by atoms with Crippen molar-refractivity contribution in [1.82, 2.24) is 5.32 Å². The molecular weight excluding hydrogens is 254 g/mol. The minimum Gasteiger partial charge on any atom is -0.497 e. The molecule has 0 heterocycles. The molecule has 1 aromatic carbocycles. The summed E-state index contributed by atoms with van der Waals surface area (Å²) in [6.07, 6.45) is 0. The average Bonchev–Trinajstić information content (AvgIpc) is 2.39. The topological polar surface area (TPSA) is 75.6 Å². The molecule has 1 atom stereocenters. The van der Waals surface area contributed by atoms with Crippen LogP contribution in [0.15, 0.2) is 24.3 Å². The third-order valence-corrected chi connectivity index (χ3v) is 2.77. The number of rotatable bonds is 7. The molecule has 0 amide bonds. The van der Waals surface area contributed by atoms with Gasteiger partial charge >= 0.3 is 5.97 Å². The Morgan fingerprint density at radius 2 is 2.00 bits per heavy atom. The van der Waals surface area contributed by atoms with E-state index in [1.54, 1.807) is 31.4 Å². The highest BCUT2D eigenvalue weighted by molar-refractivity contribution is 7.80. The molecular formula is C12H15NO4S. The highest BCUT2D eigenvalue weighted by Gasteiger charge is 2.16. The number of hydrogen-bond donors (Lipinski definition) is 3. The molecule has 6 heteroatoms. The molecule has 0 aromatic heterocycles. The van der Waals surface area contributed by atoms with Crippen molar-refractivity contribution >= 4 is 24.4 Å². The fraction of sp³-hybridized carbons (Fsp3) is 0.333. The van der Waals surface area contributed by atoms with Gasteiger partial charge in [-0.05, 0) is 24.3 Å². The Labute approximate surface area is 111 Å². The Kier molecular flexibility index (Phi) is 5.67. The standard InChI is InChI=1S/C12H15NO4S/c1-17-9-4-2-8(3-5-9)11(14)6-13-10(7-18)12(15)16/h2-5,10,13,18H,6-7H2,1H3,(H,15,16). The predicted molar refractivity (Wildman–Crippen MR) is 70.6 cm³/mol. The molecule has 0 saturated carbocycles. The maximum absolute atomic E-state index is 11.8. The average molecular weight is 269 g/mol. The van der Waals surface area contributed by atoms with Gasteiger partial charge < -0.3 is 9.84 Å². The smallest absolute Gasteiger partial charge is 0.321 e. The minimum absolute atomic E-state index is 0.0378. The number of hydrogen-bond acceptors (Lipinski definition) is 5. The van der Waals surface area contributed by atoms with Crippen LogP contribution in [0.4, 0.5) is 0 Å². The Bertz CT molecular complexity index is 419. The highest BCUT2D eigenvalue weighted by atomic mass is 32.1. The number of benzene rings is 1. The molecule has 5 nitrogen and oxygen atoms in total. The van der Waals surface area contributed by atoms with Crippen molar-refractivity contribution in [3.63, 3.8) is 0 Å². The van der Waals surface area contributed by atoms with Crippen molar-refractivity contribution in [2.24, 2.45) is 0 Å². The van der Waals surface area contributed by atoms with E-state index in [1.165, 1.54) is 0 Å². The fourth-order valence-corrected chi connectivity index (χ4v) is 1.61. The van der Waals surface area contributed by atoms with Gasteiger partial charge in [-0.2, -0.15) is 12.6 Å². The second-order valence-corrected chi connectivity index (χ2v) is 3.97. The fourth-order valence-electron chi connectivity index (χ4n) is 1.32. The van der Waals surface area contributed by atoms with Gasteiger partial charge in [-0.1, -0.05) is 0 Å². The van der Waals surface area contributed by atoms with Crippen molar-refractivity contribution in [3.05, 3.63) is 29.8 Å². The number of aliphatic carboxylic acids is 1. The van der Waals surface area contributed by atoms with E-state index in [4.69, 9.17) is 9.84 Å². The van der Waals surface area contributed by atoms with E-state index >= 15 is 0 Å². The van der Waals surface area contributed by atoms with Crippen molar-refractivity contribution in [3.8, 4) is 5.75 Å². The summed E-state index contributed by atoms with van der Waals surface area (Å²) in [5, 5.41) is 11.4. The number of nitrogens with one attached hydrogen (secondary N) is 1. The molecule has 0 bridgehead atoms. The number of ether oxygens (including phenoxy) is 1. The summed E-state index contributed by atoms with van der Waals surface area (Å²) in [6.45, 7) is -0.0378. The Morgan fingerprint density at radius 3 is 2.44 bits per heavy atom. The van der Waals surface area contributed by atoms with Crippen molar-refractivity contribution in [2.75, 3.05) is 19.4 Å². The number of carbonyl (C=O) groups is 2. The molecule has 2 N–H and O–H groups in total. The van der Waals surface area contributed by atoms with Gasteiger partial charge in [-0.3, -0.25) is 14.9 Å². The lowest BCUT2D eigenvalue weighted by molar-refractivity contribution is -0.138. The van der Waals surface area contributed by atoms with Crippen LogP contribution in [0.5, 0.6) is 5.75 Å². The normalized spacial score (nSPS) is 11.9. The summed E-state index contributed by atoms with van der Waals surface area (Å²) in [5.74, 6) is -0.401. The SMILES string of the molecule is COc1ccc(C(=O)CNC(CS)C(=O)O)cc1. The number of carboxylic acid groups (broad SMARTS) is 1. The molecule has 1 aromatic rings. The van der Waals surface area contributed by atoms with Crippen LogP contribution in [-0.4, -0.2) is 42.3 Å². The van der Waals surface area contributed by atoms with Gasteiger partial charge in [-0.15, -0.1) is 0 Å². The lowest BCUT2D eigenvalue weighted by Gasteiger charge is -2.11. The third kappa shape index (κ3) is 4.05. The first-order valence-corrected chi connectivity index (χ1v) is 5.96. The van der Waals surface area contributed by atoms with E-state index in [0.29, 0.717) is 11.3 Å². The Balaban J connectivity index is 2.56. The zero-order valence-electron chi connectivity index (χ0n) is 9.92.